The lowest BCUT2D eigenvalue weighted by molar-refractivity contribution is 0.936. The minimum absolute atomic E-state index is 0.200. The lowest BCUT2D eigenvalue weighted by Gasteiger charge is -1.96. The molecule has 0 bridgehead atoms. The molecule has 0 aromatic carbocycles. The first kappa shape index (κ1) is 10.6. The van der Waals surface area contributed by atoms with Crippen LogP contribution in [-0.2, 0) is 0 Å². The second-order valence-corrected chi connectivity index (χ2v) is 3.50. The highest BCUT2D eigenvalue weighted by molar-refractivity contribution is 7.99. The second-order valence-electron chi connectivity index (χ2n) is 2.27. The Morgan fingerprint density at radius 2 is 2.09 bits per heavy atom. The molecule has 0 aromatic rings. The topological polar surface area (TPSA) is 64.4 Å². The van der Waals surface area contributed by atoms with Gasteiger partial charge in [0.2, 0.25) is 0 Å². The van der Waals surface area contributed by atoms with Crippen molar-refractivity contribution in [1.82, 2.24) is 0 Å². The Hall–Kier alpha value is -0.380. The molecule has 4 heteroatoms. The smallest absolute Gasteiger partial charge is 0.185 e. The third-order valence-electron chi connectivity index (χ3n) is 1.09. The summed E-state index contributed by atoms with van der Waals surface area (Å²) < 4.78 is 0. The fraction of sp³-hybridized carbons (Fsp3) is 0.857. The maximum Gasteiger partial charge on any atom is 0.185 e. The van der Waals surface area contributed by atoms with E-state index < -0.39 is 0 Å². The molecule has 66 valence electrons. The van der Waals surface area contributed by atoms with Gasteiger partial charge in [-0.2, -0.15) is 11.8 Å². The number of nitrogens with zero attached hydrogens (tertiary/aromatic N) is 1. The number of hydrogen-bond donors (Lipinski definition) is 2. The fourth-order valence-corrected chi connectivity index (χ4v) is 1.45. The zero-order valence-corrected chi connectivity index (χ0v) is 7.86. The second kappa shape index (κ2) is 7.72. The average Bonchev–Trinajstić information content (AvgIpc) is 1.96. The lowest BCUT2D eigenvalue weighted by Crippen LogP contribution is -2.23. The molecule has 0 radical (unpaired) electrons. The number of thioether (sulfide) groups is 1. The zero-order valence-electron chi connectivity index (χ0n) is 7.05. The normalized spacial score (nSPS) is 9.55. The van der Waals surface area contributed by atoms with E-state index in [-0.39, 0.29) is 5.96 Å². The van der Waals surface area contributed by atoms with Gasteiger partial charge in [-0.3, -0.25) is 4.99 Å². The van der Waals surface area contributed by atoms with E-state index in [2.05, 4.69) is 11.9 Å². The van der Waals surface area contributed by atoms with Crippen LogP contribution in [0.2, 0.25) is 0 Å². The first-order chi connectivity index (χ1) is 5.27. The van der Waals surface area contributed by atoms with Crippen molar-refractivity contribution in [2.24, 2.45) is 16.5 Å². The molecule has 0 atom stereocenters. The van der Waals surface area contributed by atoms with Gasteiger partial charge in [0, 0.05) is 6.54 Å². The van der Waals surface area contributed by atoms with Crippen LogP contribution in [0.1, 0.15) is 19.8 Å². The van der Waals surface area contributed by atoms with Crippen LogP contribution in [0.4, 0.5) is 0 Å². The summed E-state index contributed by atoms with van der Waals surface area (Å²) in [6, 6.07) is 0. The van der Waals surface area contributed by atoms with Crippen LogP contribution in [-0.4, -0.2) is 24.0 Å². The fourth-order valence-electron chi connectivity index (χ4n) is 0.621. The lowest BCUT2D eigenvalue weighted by atomic mass is 10.5. The van der Waals surface area contributed by atoms with Crippen LogP contribution in [0.25, 0.3) is 0 Å². The summed E-state index contributed by atoms with van der Waals surface area (Å²) >= 11 is 1.95. The van der Waals surface area contributed by atoms with Crippen LogP contribution >= 0.6 is 11.8 Å². The number of aliphatic imine (C=N–C) groups is 1. The molecule has 0 unspecified atom stereocenters. The van der Waals surface area contributed by atoms with E-state index in [4.69, 9.17) is 11.5 Å². The van der Waals surface area contributed by atoms with Crippen LogP contribution in [0.5, 0.6) is 0 Å². The van der Waals surface area contributed by atoms with E-state index >= 15 is 0 Å². The molecule has 0 aliphatic carbocycles. The van der Waals surface area contributed by atoms with Crippen LogP contribution in [0, 0.1) is 0 Å². The maximum atomic E-state index is 5.15. The van der Waals surface area contributed by atoms with Gasteiger partial charge < -0.3 is 11.5 Å². The van der Waals surface area contributed by atoms with E-state index in [0.29, 0.717) is 0 Å². The van der Waals surface area contributed by atoms with Gasteiger partial charge in [0.1, 0.15) is 0 Å². The molecule has 0 aliphatic heterocycles. The van der Waals surface area contributed by atoms with Gasteiger partial charge in [0.25, 0.3) is 0 Å². The Morgan fingerprint density at radius 1 is 1.36 bits per heavy atom. The van der Waals surface area contributed by atoms with E-state index in [9.17, 15) is 0 Å². The van der Waals surface area contributed by atoms with Crippen molar-refractivity contribution in [3.05, 3.63) is 0 Å². The molecule has 0 heterocycles. The summed E-state index contributed by atoms with van der Waals surface area (Å²) in [4.78, 5) is 3.88. The largest absolute Gasteiger partial charge is 0.370 e. The van der Waals surface area contributed by atoms with Crippen LogP contribution in [0.3, 0.4) is 0 Å². The average molecular weight is 175 g/mol. The van der Waals surface area contributed by atoms with Crippen molar-refractivity contribution in [2.45, 2.75) is 19.8 Å². The van der Waals surface area contributed by atoms with Gasteiger partial charge >= 0.3 is 0 Å². The SMILES string of the molecule is CCCSCCCN=C(N)N. The van der Waals surface area contributed by atoms with Gasteiger partial charge in [0.05, 0.1) is 0 Å². The van der Waals surface area contributed by atoms with Crippen LogP contribution < -0.4 is 11.5 Å². The molecule has 0 aromatic heterocycles. The van der Waals surface area contributed by atoms with E-state index in [1.54, 1.807) is 0 Å². The maximum absolute atomic E-state index is 5.15. The highest BCUT2D eigenvalue weighted by atomic mass is 32.2. The predicted molar refractivity (Wildman–Crippen MR) is 52.9 cm³/mol. The van der Waals surface area contributed by atoms with E-state index in [0.717, 1.165) is 18.7 Å². The van der Waals surface area contributed by atoms with Gasteiger partial charge in [-0.05, 0) is 24.3 Å². The van der Waals surface area contributed by atoms with Crippen molar-refractivity contribution in [1.29, 1.82) is 0 Å². The third-order valence-corrected chi connectivity index (χ3v) is 2.36. The van der Waals surface area contributed by atoms with Crippen molar-refractivity contribution in [2.75, 3.05) is 18.1 Å². The minimum atomic E-state index is 0.200. The summed E-state index contributed by atoms with van der Waals surface area (Å²) in [5, 5.41) is 0. The molecule has 3 nitrogen and oxygen atoms in total. The number of hydrogen-bond acceptors (Lipinski definition) is 2. The molecule has 0 amide bonds. The number of guanidine groups is 1. The highest BCUT2D eigenvalue weighted by Crippen LogP contribution is 2.03. The quantitative estimate of drug-likeness (QED) is 0.356. The minimum Gasteiger partial charge on any atom is -0.370 e. The summed E-state index contributed by atoms with van der Waals surface area (Å²) in [5.74, 6) is 2.59. The molecule has 0 saturated heterocycles. The van der Waals surface area contributed by atoms with Crippen molar-refractivity contribution in [3.8, 4) is 0 Å². The molecular weight excluding hydrogens is 158 g/mol. The number of nitrogens with two attached hydrogens (primary N) is 2. The Bertz CT molecular complexity index is 110. The molecule has 0 saturated carbocycles. The Balaban J connectivity index is 2.97. The Morgan fingerprint density at radius 3 is 2.64 bits per heavy atom. The summed E-state index contributed by atoms with van der Waals surface area (Å²) in [5.41, 5.74) is 10.3. The standard InChI is InChI=1S/C7H17N3S/c1-2-5-11-6-3-4-10-7(8)9/h2-6H2,1H3,(H4,8,9,10). The van der Waals surface area contributed by atoms with Crippen molar-refractivity contribution >= 4 is 17.7 Å². The first-order valence-electron chi connectivity index (χ1n) is 3.90. The predicted octanol–water partition coefficient (Wildman–Crippen LogP) is 0.793. The van der Waals surface area contributed by atoms with Gasteiger partial charge in [-0.1, -0.05) is 6.92 Å². The van der Waals surface area contributed by atoms with E-state index in [1.165, 1.54) is 12.2 Å². The summed E-state index contributed by atoms with van der Waals surface area (Å²) in [6.45, 7) is 2.95. The summed E-state index contributed by atoms with van der Waals surface area (Å²) in [6.07, 6.45) is 2.32. The third kappa shape index (κ3) is 9.62. The molecule has 0 aliphatic rings. The monoisotopic (exact) mass is 175 g/mol. The van der Waals surface area contributed by atoms with Crippen molar-refractivity contribution in [3.63, 3.8) is 0 Å². The Kier molecular flexibility index (Phi) is 7.46. The van der Waals surface area contributed by atoms with Crippen molar-refractivity contribution < 1.29 is 0 Å². The Labute approximate surface area is 72.6 Å². The van der Waals surface area contributed by atoms with Gasteiger partial charge in [-0.25, -0.2) is 0 Å². The molecule has 0 fully saturated rings. The molecule has 4 N–H and O–H groups in total. The summed E-state index contributed by atoms with van der Waals surface area (Å²) in [7, 11) is 0. The first-order valence-corrected chi connectivity index (χ1v) is 5.06. The molecule has 0 spiro atoms. The van der Waals surface area contributed by atoms with Gasteiger partial charge in [-0.15, -0.1) is 0 Å². The van der Waals surface area contributed by atoms with Crippen LogP contribution in [0.15, 0.2) is 4.99 Å². The highest BCUT2D eigenvalue weighted by Gasteiger charge is 1.87. The molecular formula is C7H17N3S. The van der Waals surface area contributed by atoms with Gasteiger partial charge in [0.15, 0.2) is 5.96 Å². The van der Waals surface area contributed by atoms with E-state index in [1.807, 2.05) is 11.8 Å². The zero-order chi connectivity index (χ0) is 8.53. The molecule has 0 rings (SSSR count). The molecule has 11 heavy (non-hydrogen) atoms. The number of rotatable bonds is 6.